The molecule has 0 radical (unpaired) electrons. The average Bonchev–Trinajstić information content (AvgIpc) is 3.14. The van der Waals surface area contributed by atoms with Crippen molar-refractivity contribution >= 4 is 47.6 Å². The number of ether oxygens (including phenoxy) is 2. The summed E-state index contributed by atoms with van der Waals surface area (Å²) in [4.78, 5) is 28.0. The molecule has 4 atom stereocenters. The van der Waals surface area contributed by atoms with Crippen LogP contribution in [0.25, 0.3) is 6.08 Å². The molecule has 2 aliphatic heterocycles. The highest BCUT2D eigenvalue weighted by Crippen LogP contribution is 2.50. The van der Waals surface area contributed by atoms with Crippen LogP contribution >= 0.6 is 22.6 Å². The Balaban J connectivity index is 1.63. The second-order valence-corrected chi connectivity index (χ2v) is 11.9. The topological polar surface area (TPSA) is 106 Å². The summed E-state index contributed by atoms with van der Waals surface area (Å²) in [5, 5.41) is 21.0. The molecule has 4 rings (SSSR count). The van der Waals surface area contributed by atoms with Crippen molar-refractivity contribution in [1.82, 2.24) is 4.90 Å². The number of carbonyl (C=O) groups excluding carboxylic acids is 2. The van der Waals surface area contributed by atoms with E-state index in [-0.39, 0.29) is 29.6 Å². The minimum absolute atomic E-state index is 0.0934. The predicted molar refractivity (Wildman–Crippen MR) is 158 cm³/mol. The molecular formula is C29H39BINO7. The molecule has 0 unspecified atom stereocenters. The molecule has 2 saturated heterocycles. The Bertz CT molecular complexity index is 1150. The Labute approximate surface area is 245 Å². The van der Waals surface area contributed by atoms with E-state index < -0.39 is 19.0 Å². The summed E-state index contributed by atoms with van der Waals surface area (Å²) in [6.45, 7) is 4.91. The first-order valence-electron chi connectivity index (χ1n) is 13.9. The van der Waals surface area contributed by atoms with Crippen LogP contribution in [0.15, 0.2) is 28.9 Å². The average molecular weight is 651 g/mol. The van der Waals surface area contributed by atoms with Crippen molar-refractivity contribution in [3.05, 3.63) is 38.0 Å². The van der Waals surface area contributed by atoms with Crippen LogP contribution in [0, 0.1) is 21.3 Å². The number of phenolic OH excluding ortho intramolecular Hbond substituents is 1. The first-order chi connectivity index (χ1) is 18.7. The van der Waals surface area contributed by atoms with Crippen molar-refractivity contribution in [3.63, 3.8) is 0 Å². The number of benzene rings is 1. The Kier molecular flexibility index (Phi) is 10.2. The lowest BCUT2D eigenvalue weighted by atomic mass is 9.58. The number of rotatable bonds is 11. The third-order valence-corrected chi connectivity index (χ3v) is 8.93. The second kappa shape index (κ2) is 13.2. The van der Waals surface area contributed by atoms with Crippen molar-refractivity contribution < 1.29 is 33.8 Å². The van der Waals surface area contributed by atoms with Gasteiger partial charge in [0.05, 0.1) is 35.2 Å². The second-order valence-electron chi connectivity index (χ2n) is 10.7. The molecule has 0 spiro atoms. The lowest BCUT2D eigenvalue weighted by Crippen LogP contribution is -2.46. The highest BCUT2D eigenvalue weighted by Gasteiger charge is 2.57. The van der Waals surface area contributed by atoms with Crippen molar-refractivity contribution in [2.75, 3.05) is 27.4 Å². The van der Waals surface area contributed by atoms with E-state index in [1.807, 2.05) is 19.1 Å². The van der Waals surface area contributed by atoms with Gasteiger partial charge in [-0.15, -0.1) is 0 Å². The number of aromatic hydroxyl groups is 1. The van der Waals surface area contributed by atoms with Gasteiger partial charge >= 0.3 is 7.12 Å². The van der Waals surface area contributed by atoms with E-state index in [2.05, 4.69) is 35.6 Å². The van der Waals surface area contributed by atoms with Crippen molar-refractivity contribution in [3.8, 4) is 11.5 Å². The van der Waals surface area contributed by atoms with Crippen LogP contribution in [0.2, 0.25) is 6.32 Å². The summed E-state index contributed by atoms with van der Waals surface area (Å²) in [5.74, 6) is -0.708. The molecule has 2 amide bonds. The molecule has 2 heterocycles. The summed E-state index contributed by atoms with van der Waals surface area (Å²) in [6.07, 6.45) is 6.55. The van der Waals surface area contributed by atoms with Gasteiger partial charge in [0.1, 0.15) is 0 Å². The van der Waals surface area contributed by atoms with E-state index in [1.165, 1.54) is 17.6 Å². The quantitative estimate of drug-likeness (QED) is 0.153. The first-order valence-corrected chi connectivity index (χ1v) is 15.0. The van der Waals surface area contributed by atoms with Gasteiger partial charge in [-0.3, -0.25) is 14.5 Å². The molecule has 3 aliphatic rings. The lowest BCUT2D eigenvalue weighted by Gasteiger charge is -2.43. The maximum absolute atomic E-state index is 13.4. The fraction of sp³-hybridized carbons (Fsp3) is 0.586. The zero-order valence-corrected chi connectivity index (χ0v) is 25.4. The smallest absolute Gasteiger partial charge is 0.455 e. The number of carbonyl (C=O) groups is 2. The Morgan fingerprint density at radius 3 is 2.62 bits per heavy atom. The molecule has 0 saturated carbocycles. The van der Waals surface area contributed by atoms with Crippen LogP contribution < -0.4 is 4.74 Å². The molecular weight excluding hydrogens is 612 g/mol. The van der Waals surface area contributed by atoms with Crippen LogP contribution in [-0.2, 0) is 19.0 Å². The fourth-order valence-corrected chi connectivity index (χ4v) is 7.18. The van der Waals surface area contributed by atoms with Gasteiger partial charge in [0.25, 0.3) is 0 Å². The number of phenols is 1. The van der Waals surface area contributed by atoms with Gasteiger partial charge in [0.15, 0.2) is 11.5 Å². The van der Waals surface area contributed by atoms with Gasteiger partial charge in [0.2, 0.25) is 11.8 Å². The summed E-state index contributed by atoms with van der Waals surface area (Å²) in [5.41, 5.74) is 4.24. The molecule has 0 aromatic heterocycles. The summed E-state index contributed by atoms with van der Waals surface area (Å²) < 4.78 is 17.7. The number of methoxy groups -OCH3 is 2. The van der Waals surface area contributed by atoms with Crippen molar-refractivity contribution in [1.29, 1.82) is 0 Å². The first kappa shape index (κ1) is 30.1. The Morgan fingerprint density at radius 1 is 1.18 bits per heavy atom. The predicted octanol–water partition coefficient (Wildman–Crippen LogP) is 4.82. The molecule has 10 heteroatoms. The number of halogens is 1. The summed E-state index contributed by atoms with van der Waals surface area (Å²) in [6, 6.07) is 3.76. The van der Waals surface area contributed by atoms with Crippen LogP contribution in [-0.4, -0.2) is 67.4 Å². The van der Waals surface area contributed by atoms with Crippen LogP contribution in [0.3, 0.4) is 0 Å². The number of fused-ring (bicyclic) bond motifs is 3. The molecule has 0 bridgehead atoms. The number of imide groups is 1. The van der Waals surface area contributed by atoms with E-state index in [0.717, 1.165) is 46.0 Å². The minimum Gasteiger partial charge on any atom is -0.504 e. The molecule has 1 aromatic carbocycles. The van der Waals surface area contributed by atoms with Gasteiger partial charge < -0.3 is 24.3 Å². The normalized spacial score (nSPS) is 25.3. The number of hydrogen-bond donors (Lipinski definition) is 2. The largest absolute Gasteiger partial charge is 0.504 e. The SMILES string of the molecule is CCC/C(=C\c1cc(I)c(O)c(OC)c1)CC[C@H]1OB(O)C[C@H]2C1=C(COC)C[C@H]1C(=O)N(CCC)C(=O)[C@H]12. The van der Waals surface area contributed by atoms with Gasteiger partial charge in [-0.2, -0.15) is 0 Å². The standard InChI is InChI=1S/C29H39BINO7/c1-5-7-17(11-18-12-22(31)27(33)24(13-18)38-4)8-9-23-25-19(16-37-3)14-20-26(21(25)15-30(36)39-23)29(35)32(10-6-2)28(20)34/h11-13,20-21,23,26,33,36H,5-10,14-16H2,1-4H3/b17-11+/t20-,21+,23-,26-/m1/s1. The minimum atomic E-state index is -0.990. The molecule has 2 N–H and O–H groups in total. The zero-order valence-electron chi connectivity index (χ0n) is 23.2. The van der Waals surface area contributed by atoms with E-state index in [0.29, 0.717) is 38.1 Å². The highest BCUT2D eigenvalue weighted by molar-refractivity contribution is 14.1. The maximum Gasteiger partial charge on any atom is 0.455 e. The van der Waals surface area contributed by atoms with Crippen LogP contribution in [0.5, 0.6) is 11.5 Å². The van der Waals surface area contributed by atoms with E-state index in [9.17, 15) is 19.7 Å². The van der Waals surface area contributed by atoms with Gasteiger partial charge in [-0.25, -0.2) is 0 Å². The molecule has 2 fully saturated rings. The number of allylic oxidation sites excluding steroid dienone is 1. The number of likely N-dealkylation sites (tertiary alicyclic amines) is 1. The Morgan fingerprint density at radius 2 is 1.95 bits per heavy atom. The number of amides is 2. The van der Waals surface area contributed by atoms with Crippen molar-refractivity contribution in [2.24, 2.45) is 17.8 Å². The van der Waals surface area contributed by atoms with E-state index >= 15 is 0 Å². The summed E-state index contributed by atoms with van der Waals surface area (Å²) >= 11 is 2.10. The fourth-order valence-electron chi connectivity index (χ4n) is 6.56. The van der Waals surface area contributed by atoms with Crippen molar-refractivity contribution in [2.45, 2.75) is 64.8 Å². The molecule has 212 valence electrons. The third-order valence-electron chi connectivity index (χ3n) is 8.11. The van der Waals surface area contributed by atoms with Gasteiger partial charge in [-0.1, -0.05) is 31.9 Å². The van der Waals surface area contributed by atoms with Crippen LogP contribution in [0.1, 0.15) is 57.9 Å². The molecule has 1 aromatic rings. The number of hydrogen-bond acceptors (Lipinski definition) is 7. The number of nitrogens with zero attached hydrogens (tertiary/aromatic N) is 1. The third kappa shape index (κ3) is 6.23. The summed E-state index contributed by atoms with van der Waals surface area (Å²) in [7, 11) is 2.19. The monoisotopic (exact) mass is 651 g/mol. The Hall–Kier alpha value is -1.89. The highest BCUT2D eigenvalue weighted by atomic mass is 127. The van der Waals surface area contributed by atoms with Gasteiger partial charge in [-0.05, 0) is 95.8 Å². The zero-order chi connectivity index (χ0) is 28.3. The van der Waals surface area contributed by atoms with Gasteiger partial charge in [0, 0.05) is 13.7 Å². The molecule has 1 aliphatic carbocycles. The molecule has 8 nitrogen and oxygen atoms in total. The maximum atomic E-state index is 13.4. The van der Waals surface area contributed by atoms with E-state index in [1.54, 1.807) is 7.11 Å². The van der Waals surface area contributed by atoms with Crippen LogP contribution in [0.4, 0.5) is 0 Å². The van der Waals surface area contributed by atoms with E-state index in [4.69, 9.17) is 14.1 Å². The lowest BCUT2D eigenvalue weighted by molar-refractivity contribution is -0.140. The molecule has 39 heavy (non-hydrogen) atoms.